The van der Waals surface area contributed by atoms with E-state index >= 15 is 0 Å². The number of alkyl halides is 3. The van der Waals surface area contributed by atoms with E-state index < -0.39 is 11.7 Å². The van der Waals surface area contributed by atoms with Gasteiger partial charge >= 0.3 is 6.18 Å². The van der Waals surface area contributed by atoms with Gasteiger partial charge in [0.05, 0.1) is 11.3 Å². The number of hydrogen-bond donors (Lipinski definition) is 1. The number of nitriles is 1. The predicted molar refractivity (Wildman–Crippen MR) is 71.4 cm³/mol. The monoisotopic (exact) mass is 341 g/mol. The van der Waals surface area contributed by atoms with Gasteiger partial charge < -0.3 is 5.32 Å². The number of hydrogen-bond acceptors (Lipinski definition) is 3. The van der Waals surface area contributed by atoms with Crippen molar-refractivity contribution in [1.29, 1.82) is 5.26 Å². The Hall–Kier alpha value is -2.07. The number of aromatic nitrogens is 1. The van der Waals surface area contributed by atoms with Crippen molar-refractivity contribution in [3.05, 3.63) is 52.3 Å². The highest BCUT2D eigenvalue weighted by Crippen LogP contribution is 2.35. The minimum Gasteiger partial charge on any atom is -0.354 e. The molecule has 20 heavy (non-hydrogen) atoms. The molecular weight excluding hydrogens is 335 g/mol. The van der Waals surface area contributed by atoms with Gasteiger partial charge in [-0.25, -0.2) is 4.98 Å². The third kappa shape index (κ3) is 3.27. The number of nitrogens with zero attached hydrogens (tertiary/aromatic N) is 2. The van der Waals surface area contributed by atoms with Gasteiger partial charge in [0.15, 0.2) is 0 Å². The van der Waals surface area contributed by atoms with Gasteiger partial charge in [-0.05, 0) is 46.3 Å². The molecule has 3 nitrogen and oxygen atoms in total. The number of benzene rings is 1. The van der Waals surface area contributed by atoms with Crippen molar-refractivity contribution in [2.45, 2.75) is 6.18 Å². The zero-order valence-electron chi connectivity index (χ0n) is 9.87. The van der Waals surface area contributed by atoms with E-state index in [-0.39, 0.29) is 11.4 Å². The van der Waals surface area contributed by atoms with Gasteiger partial charge in [-0.3, -0.25) is 0 Å². The average molecular weight is 342 g/mol. The lowest BCUT2D eigenvalue weighted by Gasteiger charge is -2.12. The standard InChI is InChI=1S/C13H7BrF3N3/c14-11-2-1-8(13(15,16)17)5-12(11)20-9-3-4-19-10(6-9)7-18/h1-6H,(H,19,20). The first-order valence-electron chi connectivity index (χ1n) is 5.40. The van der Waals surface area contributed by atoms with Crippen LogP contribution >= 0.6 is 15.9 Å². The lowest BCUT2D eigenvalue weighted by Crippen LogP contribution is -2.05. The summed E-state index contributed by atoms with van der Waals surface area (Å²) in [5.41, 5.74) is 0.169. The summed E-state index contributed by atoms with van der Waals surface area (Å²) in [4.78, 5) is 3.79. The minimum atomic E-state index is -4.41. The third-order valence-electron chi connectivity index (χ3n) is 2.45. The van der Waals surface area contributed by atoms with Crippen molar-refractivity contribution in [3.63, 3.8) is 0 Å². The van der Waals surface area contributed by atoms with Gasteiger partial charge in [0.25, 0.3) is 0 Å². The Balaban J connectivity index is 2.35. The van der Waals surface area contributed by atoms with Crippen LogP contribution in [0.4, 0.5) is 24.5 Å². The Kier molecular flexibility index (Phi) is 3.95. The highest BCUT2D eigenvalue weighted by Gasteiger charge is 2.30. The lowest BCUT2D eigenvalue weighted by molar-refractivity contribution is -0.137. The summed E-state index contributed by atoms with van der Waals surface area (Å²) in [5.74, 6) is 0. The maximum absolute atomic E-state index is 12.7. The zero-order valence-corrected chi connectivity index (χ0v) is 11.5. The quantitative estimate of drug-likeness (QED) is 0.876. The van der Waals surface area contributed by atoms with Crippen molar-refractivity contribution in [1.82, 2.24) is 4.98 Å². The van der Waals surface area contributed by atoms with Crippen LogP contribution in [-0.4, -0.2) is 4.98 Å². The summed E-state index contributed by atoms with van der Waals surface area (Å²) in [7, 11) is 0. The van der Waals surface area contributed by atoms with Crippen LogP contribution in [0.3, 0.4) is 0 Å². The number of anilines is 2. The molecule has 0 amide bonds. The Labute approximate surface area is 121 Å². The van der Waals surface area contributed by atoms with Crippen LogP contribution in [0.2, 0.25) is 0 Å². The fourth-order valence-corrected chi connectivity index (χ4v) is 1.87. The molecule has 0 saturated carbocycles. The molecule has 1 aromatic heterocycles. The molecule has 0 aliphatic carbocycles. The lowest BCUT2D eigenvalue weighted by atomic mass is 10.2. The summed E-state index contributed by atoms with van der Waals surface area (Å²) < 4.78 is 38.5. The molecule has 0 aliphatic heterocycles. The molecule has 0 spiro atoms. The fourth-order valence-electron chi connectivity index (χ4n) is 1.52. The van der Waals surface area contributed by atoms with Gasteiger partial charge in [-0.1, -0.05) is 0 Å². The average Bonchev–Trinajstić information content (AvgIpc) is 2.40. The second-order valence-corrected chi connectivity index (χ2v) is 4.71. The van der Waals surface area contributed by atoms with E-state index in [1.54, 1.807) is 6.07 Å². The molecule has 0 bridgehead atoms. The molecule has 0 fully saturated rings. The van der Waals surface area contributed by atoms with E-state index in [4.69, 9.17) is 5.26 Å². The van der Waals surface area contributed by atoms with Crippen molar-refractivity contribution in [3.8, 4) is 6.07 Å². The highest BCUT2D eigenvalue weighted by molar-refractivity contribution is 9.10. The van der Waals surface area contributed by atoms with E-state index in [9.17, 15) is 13.2 Å². The topological polar surface area (TPSA) is 48.7 Å². The van der Waals surface area contributed by atoms with E-state index in [1.165, 1.54) is 18.3 Å². The van der Waals surface area contributed by atoms with Crippen molar-refractivity contribution in [2.24, 2.45) is 0 Å². The summed E-state index contributed by atoms with van der Waals surface area (Å²) >= 11 is 3.18. The van der Waals surface area contributed by atoms with Gasteiger partial charge in [0.1, 0.15) is 11.8 Å². The van der Waals surface area contributed by atoms with Crippen LogP contribution in [0.15, 0.2) is 41.0 Å². The summed E-state index contributed by atoms with van der Waals surface area (Å²) in [5, 5.41) is 11.6. The van der Waals surface area contributed by atoms with E-state index in [2.05, 4.69) is 26.2 Å². The Morgan fingerprint density at radius 3 is 2.60 bits per heavy atom. The second-order valence-electron chi connectivity index (χ2n) is 3.86. The molecule has 0 aliphatic rings. The van der Waals surface area contributed by atoms with Crippen molar-refractivity contribution >= 4 is 27.3 Å². The molecule has 1 N–H and O–H groups in total. The molecule has 2 rings (SSSR count). The van der Waals surface area contributed by atoms with Gasteiger partial charge in [-0.2, -0.15) is 18.4 Å². The Morgan fingerprint density at radius 1 is 1.20 bits per heavy atom. The molecule has 0 saturated heterocycles. The van der Waals surface area contributed by atoms with Crippen LogP contribution in [0.5, 0.6) is 0 Å². The molecule has 0 atom stereocenters. The number of halogens is 4. The maximum atomic E-state index is 12.7. The molecular formula is C13H7BrF3N3. The normalized spacial score (nSPS) is 10.9. The molecule has 2 aromatic rings. The zero-order chi connectivity index (χ0) is 14.8. The Morgan fingerprint density at radius 2 is 1.95 bits per heavy atom. The van der Waals surface area contributed by atoms with Crippen LogP contribution in [0.1, 0.15) is 11.3 Å². The molecule has 1 aromatic carbocycles. The highest BCUT2D eigenvalue weighted by atomic mass is 79.9. The van der Waals surface area contributed by atoms with E-state index in [1.807, 2.05) is 6.07 Å². The number of pyridine rings is 1. The first-order chi connectivity index (χ1) is 9.40. The number of nitrogens with one attached hydrogen (secondary N) is 1. The summed E-state index contributed by atoms with van der Waals surface area (Å²) in [6, 6.07) is 8.18. The first-order valence-corrected chi connectivity index (χ1v) is 6.19. The smallest absolute Gasteiger partial charge is 0.354 e. The molecule has 7 heteroatoms. The second kappa shape index (κ2) is 5.51. The van der Waals surface area contributed by atoms with Crippen LogP contribution in [0.25, 0.3) is 0 Å². The third-order valence-corrected chi connectivity index (χ3v) is 3.14. The molecule has 102 valence electrons. The Bertz CT molecular complexity index is 677. The van der Waals surface area contributed by atoms with Crippen molar-refractivity contribution in [2.75, 3.05) is 5.32 Å². The first kappa shape index (κ1) is 14.3. The fraction of sp³-hybridized carbons (Fsp3) is 0.0769. The van der Waals surface area contributed by atoms with Gasteiger partial charge in [0.2, 0.25) is 0 Å². The minimum absolute atomic E-state index is 0.179. The maximum Gasteiger partial charge on any atom is 0.416 e. The summed E-state index contributed by atoms with van der Waals surface area (Å²) in [6.07, 6.45) is -3.00. The van der Waals surface area contributed by atoms with Gasteiger partial charge in [0, 0.05) is 16.4 Å². The molecule has 0 unspecified atom stereocenters. The number of rotatable bonds is 2. The van der Waals surface area contributed by atoms with Crippen LogP contribution in [0, 0.1) is 11.3 Å². The van der Waals surface area contributed by atoms with E-state index in [0.29, 0.717) is 10.2 Å². The van der Waals surface area contributed by atoms with Gasteiger partial charge in [-0.15, -0.1) is 0 Å². The predicted octanol–water partition coefficient (Wildman–Crippen LogP) is 4.48. The molecule has 0 radical (unpaired) electrons. The SMILES string of the molecule is N#Cc1cc(Nc2cc(C(F)(F)F)ccc2Br)ccn1. The van der Waals surface area contributed by atoms with Crippen LogP contribution < -0.4 is 5.32 Å². The summed E-state index contributed by atoms with van der Waals surface area (Å²) in [6.45, 7) is 0. The van der Waals surface area contributed by atoms with Crippen LogP contribution in [-0.2, 0) is 6.18 Å². The van der Waals surface area contributed by atoms with Crippen molar-refractivity contribution < 1.29 is 13.2 Å². The molecule has 1 heterocycles. The largest absolute Gasteiger partial charge is 0.416 e. The van der Waals surface area contributed by atoms with E-state index in [0.717, 1.165) is 12.1 Å².